The molecule has 5 heteroatoms. The molecule has 0 amide bonds. The van der Waals surface area contributed by atoms with Gasteiger partial charge in [-0.15, -0.1) is 0 Å². The molecule has 0 aliphatic heterocycles. The number of hydrogen-bond donors (Lipinski definition) is 2. The second-order valence-corrected chi connectivity index (χ2v) is 4.86. The first-order valence-corrected chi connectivity index (χ1v) is 6.40. The van der Waals surface area contributed by atoms with Crippen LogP contribution >= 0.6 is 0 Å². The molecule has 18 heavy (non-hydrogen) atoms. The first kappa shape index (κ1) is 13.1. The smallest absolute Gasteiger partial charge is 0.250 e. The lowest BCUT2D eigenvalue weighted by Gasteiger charge is -2.15. The van der Waals surface area contributed by atoms with Crippen molar-refractivity contribution in [2.24, 2.45) is 5.73 Å². The minimum atomic E-state index is 0.000670. The molecule has 1 aliphatic carbocycles. The van der Waals surface area contributed by atoms with Crippen LogP contribution in [0.2, 0.25) is 0 Å². The maximum Gasteiger partial charge on any atom is 0.250 e. The van der Waals surface area contributed by atoms with Gasteiger partial charge in [-0.25, -0.2) is 0 Å². The van der Waals surface area contributed by atoms with E-state index in [2.05, 4.69) is 5.32 Å². The number of methoxy groups -OCH3 is 1. The van der Waals surface area contributed by atoms with Crippen LogP contribution in [-0.2, 0) is 11.3 Å². The van der Waals surface area contributed by atoms with E-state index < -0.39 is 0 Å². The lowest BCUT2D eigenvalue weighted by molar-refractivity contribution is 0.186. The minimum Gasteiger partial charge on any atom is -0.383 e. The van der Waals surface area contributed by atoms with E-state index >= 15 is 0 Å². The number of aromatic nitrogens is 1. The van der Waals surface area contributed by atoms with Crippen molar-refractivity contribution in [1.82, 2.24) is 4.57 Å². The Morgan fingerprint density at radius 2 is 2.33 bits per heavy atom. The molecule has 100 valence electrons. The van der Waals surface area contributed by atoms with Crippen LogP contribution in [0.4, 0.5) is 5.69 Å². The average Bonchev–Trinajstić information content (AvgIpc) is 2.75. The monoisotopic (exact) mass is 251 g/mol. The second-order valence-electron chi connectivity index (χ2n) is 4.86. The molecule has 1 heterocycles. The molecule has 1 aliphatic rings. The number of hydrogen-bond acceptors (Lipinski definition) is 4. The Kier molecular flexibility index (Phi) is 4.38. The molecule has 1 aromatic heterocycles. The van der Waals surface area contributed by atoms with Gasteiger partial charge in [-0.05, 0) is 25.3 Å². The summed E-state index contributed by atoms with van der Waals surface area (Å²) < 4.78 is 6.66. The quantitative estimate of drug-likeness (QED) is 0.811. The minimum absolute atomic E-state index is 0.000670. The van der Waals surface area contributed by atoms with Crippen molar-refractivity contribution in [2.75, 3.05) is 19.0 Å². The molecule has 0 saturated heterocycles. The van der Waals surface area contributed by atoms with Gasteiger partial charge in [-0.2, -0.15) is 0 Å². The van der Waals surface area contributed by atoms with Crippen LogP contribution in [0.3, 0.4) is 0 Å². The molecule has 1 fully saturated rings. The van der Waals surface area contributed by atoms with E-state index in [1.165, 1.54) is 0 Å². The number of nitrogens with one attached hydrogen (secondary N) is 1. The average molecular weight is 251 g/mol. The van der Waals surface area contributed by atoms with E-state index in [9.17, 15) is 4.79 Å². The Morgan fingerprint density at radius 1 is 1.50 bits per heavy atom. The van der Waals surface area contributed by atoms with E-state index in [0.29, 0.717) is 25.2 Å². The summed E-state index contributed by atoms with van der Waals surface area (Å²) in [5.41, 5.74) is 6.86. The zero-order chi connectivity index (χ0) is 13.0. The Morgan fingerprint density at radius 3 is 3.00 bits per heavy atom. The third kappa shape index (κ3) is 3.34. The van der Waals surface area contributed by atoms with Gasteiger partial charge in [0.25, 0.3) is 5.56 Å². The Labute approximate surface area is 107 Å². The topological polar surface area (TPSA) is 69.3 Å². The van der Waals surface area contributed by atoms with E-state index in [1.54, 1.807) is 17.7 Å². The molecule has 1 saturated carbocycles. The highest BCUT2D eigenvalue weighted by atomic mass is 16.5. The molecule has 0 bridgehead atoms. The standard InChI is InChI=1S/C13H21N3O2/c1-18-7-6-16-9-12(4-5-13(16)17)15-11-3-2-10(14)8-11/h4-5,9-11,15H,2-3,6-8,14H2,1H3. The van der Waals surface area contributed by atoms with Gasteiger partial charge in [0.05, 0.1) is 12.3 Å². The lowest BCUT2D eigenvalue weighted by Crippen LogP contribution is -2.24. The van der Waals surface area contributed by atoms with Crippen LogP contribution in [0.15, 0.2) is 23.1 Å². The number of ether oxygens (including phenoxy) is 1. The van der Waals surface area contributed by atoms with Gasteiger partial charge in [-0.1, -0.05) is 0 Å². The van der Waals surface area contributed by atoms with E-state index in [-0.39, 0.29) is 5.56 Å². The molecule has 2 atom stereocenters. The predicted molar refractivity (Wildman–Crippen MR) is 71.8 cm³/mol. The summed E-state index contributed by atoms with van der Waals surface area (Å²) in [4.78, 5) is 11.6. The van der Waals surface area contributed by atoms with E-state index in [4.69, 9.17) is 10.5 Å². The maximum atomic E-state index is 11.6. The van der Waals surface area contributed by atoms with Gasteiger partial charge in [0.15, 0.2) is 0 Å². The van der Waals surface area contributed by atoms with E-state index in [1.807, 2.05) is 12.3 Å². The normalized spacial score (nSPS) is 23.2. The zero-order valence-corrected chi connectivity index (χ0v) is 10.8. The Hall–Kier alpha value is -1.33. The maximum absolute atomic E-state index is 11.6. The first-order chi connectivity index (χ1) is 8.69. The fraction of sp³-hybridized carbons (Fsp3) is 0.615. The molecular formula is C13H21N3O2. The second kappa shape index (κ2) is 6.02. The third-order valence-corrected chi connectivity index (χ3v) is 3.36. The van der Waals surface area contributed by atoms with Crippen LogP contribution < -0.4 is 16.6 Å². The highest BCUT2D eigenvalue weighted by Gasteiger charge is 2.21. The fourth-order valence-electron chi connectivity index (χ4n) is 2.36. The molecule has 2 unspecified atom stereocenters. The molecule has 3 N–H and O–H groups in total. The molecule has 2 rings (SSSR count). The Bertz CT molecular complexity index is 444. The van der Waals surface area contributed by atoms with Crippen molar-refractivity contribution in [3.05, 3.63) is 28.7 Å². The summed E-state index contributed by atoms with van der Waals surface area (Å²) in [6.07, 6.45) is 5.02. The van der Waals surface area contributed by atoms with Crippen LogP contribution in [0.1, 0.15) is 19.3 Å². The molecular weight excluding hydrogens is 230 g/mol. The van der Waals surface area contributed by atoms with Gasteiger partial charge in [0.2, 0.25) is 0 Å². The van der Waals surface area contributed by atoms with Crippen LogP contribution in [0, 0.1) is 0 Å². The largest absolute Gasteiger partial charge is 0.383 e. The van der Waals surface area contributed by atoms with Gasteiger partial charge >= 0.3 is 0 Å². The highest BCUT2D eigenvalue weighted by Crippen LogP contribution is 2.21. The summed E-state index contributed by atoms with van der Waals surface area (Å²) >= 11 is 0. The zero-order valence-electron chi connectivity index (χ0n) is 10.8. The molecule has 1 aromatic rings. The fourth-order valence-corrected chi connectivity index (χ4v) is 2.36. The van der Waals surface area contributed by atoms with Crippen molar-refractivity contribution in [3.63, 3.8) is 0 Å². The molecule has 0 spiro atoms. The molecule has 0 aromatic carbocycles. The number of nitrogens with zero attached hydrogens (tertiary/aromatic N) is 1. The summed E-state index contributed by atoms with van der Waals surface area (Å²) in [5, 5.41) is 3.43. The van der Waals surface area contributed by atoms with Crippen molar-refractivity contribution in [1.29, 1.82) is 0 Å². The van der Waals surface area contributed by atoms with Gasteiger partial charge in [0.1, 0.15) is 0 Å². The van der Waals surface area contributed by atoms with Crippen LogP contribution in [0.25, 0.3) is 0 Å². The predicted octanol–water partition coefficient (Wildman–Crippen LogP) is 0.786. The summed E-state index contributed by atoms with van der Waals surface area (Å²) in [6, 6.07) is 4.15. The first-order valence-electron chi connectivity index (χ1n) is 6.40. The van der Waals surface area contributed by atoms with Crippen molar-refractivity contribution >= 4 is 5.69 Å². The number of anilines is 1. The van der Waals surface area contributed by atoms with Crippen LogP contribution in [0.5, 0.6) is 0 Å². The SMILES string of the molecule is COCCn1cc(NC2CCC(N)C2)ccc1=O. The van der Waals surface area contributed by atoms with Crippen LogP contribution in [-0.4, -0.2) is 30.4 Å². The summed E-state index contributed by atoms with van der Waals surface area (Å²) in [7, 11) is 1.63. The lowest BCUT2D eigenvalue weighted by atomic mass is 10.2. The van der Waals surface area contributed by atoms with Gasteiger partial charge in [-0.3, -0.25) is 4.79 Å². The number of nitrogens with two attached hydrogens (primary N) is 1. The molecule has 5 nitrogen and oxygen atoms in total. The van der Waals surface area contributed by atoms with E-state index in [0.717, 1.165) is 24.9 Å². The molecule has 0 radical (unpaired) electrons. The van der Waals surface area contributed by atoms with Crippen molar-refractivity contribution < 1.29 is 4.74 Å². The van der Waals surface area contributed by atoms with Crippen molar-refractivity contribution in [2.45, 2.75) is 37.9 Å². The van der Waals surface area contributed by atoms with Gasteiger partial charge < -0.3 is 20.4 Å². The summed E-state index contributed by atoms with van der Waals surface area (Å²) in [5.74, 6) is 0. The van der Waals surface area contributed by atoms with Gasteiger partial charge in [0, 0.05) is 38.0 Å². The number of rotatable bonds is 5. The number of pyridine rings is 1. The van der Waals surface area contributed by atoms with Crippen molar-refractivity contribution in [3.8, 4) is 0 Å². The highest BCUT2D eigenvalue weighted by molar-refractivity contribution is 5.41. The third-order valence-electron chi connectivity index (χ3n) is 3.36. The Balaban J connectivity index is 2.02. The summed E-state index contributed by atoms with van der Waals surface area (Å²) in [6.45, 7) is 1.12.